The molecule has 0 aliphatic heterocycles. The molecule has 0 amide bonds. The van der Waals surface area contributed by atoms with Crippen LogP contribution in [0.25, 0.3) is 0 Å². The Morgan fingerprint density at radius 1 is 1.19 bits per heavy atom. The van der Waals surface area contributed by atoms with Gasteiger partial charge in [-0.3, -0.25) is 0 Å². The molecule has 0 aromatic carbocycles. The summed E-state index contributed by atoms with van der Waals surface area (Å²) in [7, 11) is -1.60. The molecule has 96 valence electrons. The molecular formula is C13H28O2Si. The fraction of sp³-hybridized carbons (Fsp3) is 1.00. The van der Waals surface area contributed by atoms with Gasteiger partial charge in [0.1, 0.15) is 0 Å². The van der Waals surface area contributed by atoms with Crippen molar-refractivity contribution >= 4 is 8.32 Å². The van der Waals surface area contributed by atoms with Crippen LogP contribution < -0.4 is 0 Å². The van der Waals surface area contributed by atoms with E-state index < -0.39 is 8.32 Å². The minimum atomic E-state index is -1.60. The Balaban J connectivity index is 2.45. The molecule has 1 saturated carbocycles. The standard InChI is InChI=1S/C13H28O2Si/c1-13(2,3)16(4,5)15-10-12-8-6-7-11(12)9-14/h11-12,14H,6-10H2,1-5H3/t11-,12-/m1/s1. The Hall–Kier alpha value is 0.137. The smallest absolute Gasteiger partial charge is 0.191 e. The highest BCUT2D eigenvalue weighted by molar-refractivity contribution is 6.74. The molecule has 0 heterocycles. The number of hydrogen-bond donors (Lipinski definition) is 1. The molecule has 0 bridgehead atoms. The molecule has 0 radical (unpaired) electrons. The van der Waals surface area contributed by atoms with Crippen LogP contribution in [-0.2, 0) is 4.43 Å². The molecule has 2 atom stereocenters. The van der Waals surface area contributed by atoms with Crippen molar-refractivity contribution in [3.05, 3.63) is 0 Å². The van der Waals surface area contributed by atoms with Gasteiger partial charge >= 0.3 is 0 Å². The molecule has 1 aliphatic carbocycles. The molecule has 0 aromatic heterocycles. The summed E-state index contributed by atoms with van der Waals surface area (Å²) in [6.07, 6.45) is 3.68. The molecule has 1 fully saturated rings. The van der Waals surface area contributed by atoms with Crippen molar-refractivity contribution in [2.45, 2.75) is 58.2 Å². The van der Waals surface area contributed by atoms with Gasteiger partial charge in [-0.15, -0.1) is 0 Å². The highest BCUT2D eigenvalue weighted by Gasteiger charge is 2.38. The van der Waals surface area contributed by atoms with Crippen LogP contribution in [0.4, 0.5) is 0 Å². The fourth-order valence-electron chi connectivity index (χ4n) is 2.11. The van der Waals surface area contributed by atoms with E-state index in [0.717, 1.165) is 6.61 Å². The van der Waals surface area contributed by atoms with Crippen LogP contribution >= 0.6 is 0 Å². The summed E-state index contributed by atoms with van der Waals surface area (Å²) in [5.74, 6) is 1.09. The first-order chi connectivity index (χ1) is 7.28. The summed E-state index contributed by atoms with van der Waals surface area (Å²) in [4.78, 5) is 0. The van der Waals surface area contributed by atoms with Crippen molar-refractivity contribution in [3.63, 3.8) is 0 Å². The first kappa shape index (κ1) is 14.2. The van der Waals surface area contributed by atoms with Gasteiger partial charge in [0, 0.05) is 13.2 Å². The summed E-state index contributed by atoms with van der Waals surface area (Å²) >= 11 is 0. The van der Waals surface area contributed by atoms with Gasteiger partial charge in [-0.05, 0) is 42.8 Å². The van der Waals surface area contributed by atoms with Crippen LogP contribution in [0.5, 0.6) is 0 Å². The third-order valence-electron chi connectivity index (χ3n) is 4.52. The molecule has 1 aliphatic rings. The van der Waals surface area contributed by atoms with E-state index in [9.17, 15) is 5.11 Å². The maximum Gasteiger partial charge on any atom is 0.191 e. The van der Waals surface area contributed by atoms with Crippen LogP contribution in [-0.4, -0.2) is 26.6 Å². The van der Waals surface area contributed by atoms with Crippen LogP contribution in [0.2, 0.25) is 18.1 Å². The third kappa shape index (κ3) is 3.31. The Labute approximate surface area is 102 Å². The van der Waals surface area contributed by atoms with E-state index in [4.69, 9.17) is 4.43 Å². The van der Waals surface area contributed by atoms with Crippen molar-refractivity contribution in [1.82, 2.24) is 0 Å². The summed E-state index contributed by atoms with van der Waals surface area (Å²) < 4.78 is 6.24. The van der Waals surface area contributed by atoms with Gasteiger partial charge in [0.25, 0.3) is 0 Å². The molecular weight excluding hydrogens is 216 g/mol. The van der Waals surface area contributed by atoms with Crippen LogP contribution in [0.3, 0.4) is 0 Å². The number of aliphatic hydroxyl groups is 1. The Bertz CT molecular complexity index is 220. The first-order valence-corrected chi connectivity index (χ1v) is 9.43. The van der Waals surface area contributed by atoms with E-state index in [2.05, 4.69) is 33.9 Å². The minimum absolute atomic E-state index is 0.292. The van der Waals surface area contributed by atoms with E-state index in [1.807, 2.05) is 0 Å². The number of rotatable bonds is 4. The number of hydrogen-bond acceptors (Lipinski definition) is 2. The topological polar surface area (TPSA) is 29.5 Å². The lowest BCUT2D eigenvalue weighted by Gasteiger charge is -2.37. The largest absolute Gasteiger partial charge is 0.417 e. The van der Waals surface area contributed by atoms with Crippen molar-refractivity contribution in [3.8, 4) is 0 Å². The molecule has 3 heteroatoms. The second-order valence-electron chi connectivity index (χ2n) is 6.70. The molecule has 1 rings (SSSR count). The fourth-order valence-corrected chi connectivity index (χ4v) is 3.17. The molecule has 0 unspecified atom stereocenters. The SMILES string of the molecule is CC(C)(C)[Si](C)(C)OC[C@H]1CCC[C@@H]1CO. The Kier molecular flexibility index (Phi) is 4.61. The molecule has 0 spiro atoms. The van der Waals surface area contributed by atoms with Gasteiger partial charge in [-0.2, -0.15) is 0 Å². The third-order valence-corrected chi connectivity index (χ3v) is 9.02. The number of aliphatic hydroxyl groups excluding tert-OH is 1. The van der Waals surface area contributed by atoms with Gasteiger partial charge in [0.2, 0.25) is 0 Å². The van der Waals surface area contributed by atoms with E-state index in [1.165, 1.54) is 19.3 Å². The summed E-state index contributed by atoms with van der Waals surface area (Å²) in [6.45, 7) is 12.6. The first-order valence-electron chi connectivity index (χ1n) is 6.53. The lowest BCUT2D eigenvalue weighted by atomic mass is 9.98. The van der Waals surface area contributed by atoms with Crippen molar-refractivity contribution in [1.29, 1.82) is 0 Å². The average molecular weight is 244 g/mol. The Morgan fingerprint density at radius 3 is 2.25 bits per heavy atom. The van der Waals surface area contributed by atoms with Gasteiger partial charge in [0.05, 0.1) is 0 Å². The average Bonchev–Trinajstić information content (AvgIpc) is 2.60. The Morgan fingerprint density at radius 2 is 1.75 bits per heavy atom. The van der Waals surface area contributed by atoms with Gasteiger partial charge < -0.3 is 9.53 Å². The highest BCUT2D eigenvalue weighted by Crippen LogP contribution is 2.38. The monoisotopic (exact) mass is 244 g/mol. The van der Waals surface area contributed by atoms with Crippen molar-refractivity contribution in [2.75, 3.05) is 13.2 Å². The second-order valence-corrected chi connectivity index (χ2v) is 11.5. The molecule has 2 nitrogen and oxygen atoms in total. The zero-order valence-corrected chi connectivity index (χ0v) is 12.5. The van der Waals surface area contributed by atoms with Crippen LogP contribution in [0.15, 0.2) is 0 Å². The highest BCUT2D eigenvalue weighted by atomic mass is 28.4. The molecule has 1 N–H and O–H groups in total. The quantitative estimate of drug-likeness (QED) is 0.768. The zero-order valence-electron chi connectivity index (χ0n) is 11.5. The van der Waals surface area contributed by atoms with Crippen molar-refractivity contribution < 1.29 is 9.53 Å². The van der Waals surface area contributed by atoms with E-state index >= 15 is 0 Å². The van der Waals surface area contributed by atoms with E-state index in [0.29, 0.717) is 23.5 Å². The van der Waals surface area contributed by atoms with Crippen molar-refractivity contribution in [2.24, 2.45) is 11.8 Å². The second kappa shape index (κ2) is 5.19. The van der Waals surface area contributed by atoms with Crippen LogP contribution in [0, 0.1) is 11.8 Å². The van der Waals surface area contributed by atoms with Gasteiger partial charge in [-0.1, -0.05) is 27.2 Å². The maximum atomic E-state index is 9.28. The predicted octanol–water partition coefficient (Wildman–Crippen LogP) is 3.42. The van der Waals surface area contributed by atoms with E-state index in [1.54, 1.807) is 0 Å². The normalized spacial score (nSPS) is 27.4. The maximum absolute atomic E-state index is 9.28. The van der Waals surface area contributed by atoms with Gasteiger partial charge in [-0.25, -0.2) is 0 Å². The van der Waals surface area contributed by atoms with Crippen LogP contribution in [0.1, 0.15) is 40.0 Å². The molecule has 0 aromatic rings. The lowest BCUT2D eigenvalue weighted by molar-refractivity contribution is 0.144. The zero-order chi connectivity index (χ0) is 12.4. The van der Waals surface area contributed by atoms with Gasteiger partial charge in [0.15, 0.2) is 8.32 Å². The molecule has 0 saturated heterocycles. The predicted molar refractivity (Wildman–Crippen MR) is 71.1 cm³/mol. The minimum Gasteiger partial charge on any atom is -0.417 e. The lowest BCUT2D eigenvalue weighted by Crippen LogP contribution is -2.42. The molecule has 16 heavy (non-hydrogen) atoms. The summed E-state index contributed by atoms with van der Waals surface area (Å²) in [5.41, 5.74) is 0. The summed E-state index contributed by atoms with van der Waals surface area (Å²) in [6, 6.07) is 0. The van der Waals surface area contributed by atoms with E-state index in [-0.39, 0.29) is 0 Å². The summed E-state index contributed by atoms with van der Waals surface area (Å²) in [5, 5.41) is 9.57.